The molecule has 1 aromatic rings. The van der Waals surface area contributed by atoms with Crippen LogP contribution < -0.4 is 5.59 Å². The fraction of sp³-hybridized carbons (Fsp3) is 0.786. The van der Waals surface area contributed by atoms with Crippen molar-refractivity contribution in [2.45, 2.75) is 71.1 Å². The van der Waals surface area contributed by atoms with Gasteiger partial charge >= 0.3 is 7.12 Å². The second kappa shape index (κ2) is 4.35. The summed E-state index contributed by atoms with van der Waals surface area (Å²) in [6.07, 6.45) is 6.74. The molecule has 0 N–H and O–H groups in total. The lowest BCUT2D eigenvalue weighted by Gasteiger charge is -2.32. The molecule has 0 atom stereocenters. The van der Waals surface area contributed by atoms with Crippen LogP contribution >= 0.6 is 0 Å². The van der Waals surface area contributed by atoms with Gasteiger partial charge in [-0.1, -0.05) is 6.42 Å². The molecule has 5 heteroatoms. The first-order valence-electron chi connectivity index (χ1n) is 7.31. The van der Waals surface area contributed by atoms with E-state index >= 15 is 0 Å². The number of rotatable bonds is 1. The highest BCUT2D eigenvalue weighted by molar-refractivity contribution is 6.61. The van der Waals surface area contributed by atoms with E-state index in [0.29, 0.717) is 0 Å². The number of hydrogen-bond acceptors (Lipinski definition) is 3. The molecular weight excluding hydrogens is 239 g/mol. The van der Waals surface area contributed by atoms with Gasteiger partial charge in [-0.25, -0.2) is 4.98 Å². The largest absolute Gasteiger partial charge is 0.514 e. The number of hydrogen-bond donors (Lipinski definition) is 0. The lowest BCUT2D eigenvalue weighted by Crippen LogP contribution is -2.41. The van der Waals surface area contributed by atoms with Crippen molar-refractivity contribution < 1.29 is 9.31 Å². The molecule has 19 heavy (non-hydrogen) atoms. The Labute approximate surface area is 115 Å². The summed E-state index contributed by atoms with van der Waals surface area (Å²) in [5.74, 6) is 1.18. The van der Waals surface area contributed by atoms with E-state index in [1.54, 1.807) is 0 Å². The Morgan fingerprint density at radius 3 is 2.47 bits per heavy atom. The summed E-state index contributed by atoms with van der Waals surface area (Å²) in [6.45, 7) is 9.40. The van der Waals surface area contributed by atoms with Gasteiger partial charge < -0.3 is 13.9 Å². The minimum Gasteiger partial charge on any atom is -0.398 e. The van der Waals surface area contributed by atoms with E-state index in [1.807, 2.05) is 6.20 Å². The summed E-state index contributed by atoms with van der Waals surface area (Å²) < 4.78 is 14.6. The summed E-state index contributed by atoms with van der Waals surface area (Å²) in [5.41, 5.74) is 0.510. The van der Waals surface area contributed by atoms with Crippen molar-refractivity contribution in [1.82, 2.24) is 9.55 Å². The number of fused-ring (bicyclic) bond motifs is 1. The molecule has 2 aliphatic heterocycles. The Kier molecular flexibility index (Phi) is 3.02. The minimum atomic E-state index is -0.288. The molecule has 1 aromatic heterocycles. The van der Waals surface area contributed by atoms with E-state index < -0.39 is 0 Å². The Morgan fingerprint density at radius 1 is 1.11 bits per heavy atom. The zero-order valence-corrected chi connectivity index (χ0v) is 12.4. The predicted molar refractivity (Wildman–Crippen MR) is 75.5 cm³/mol. The second-order valence-corrected chi connectivity index (χ2v) is 6.65. The highest BCUT2D eigenvalue weighted by Gasteiger charge is 2.52. The van der Waals surface area contributed by atoms with Gasteiger partial charge in [-0.15, -0.1) is 0 Å². The smallest absolute Gasteiger partial charge is 0.398 e. The number of aromatic nitrogens is 2. The summed E-state index contributed by atoms with van der Waals surface area (Å²) >= 11 is 0. The van der Waals surface area contributed by atoms with Gasteiger partial charge in [0, 0.05) is 19.2 Å². The van der Waals surface area contributed by atoms with Crippen LogP contribution in [0.15, 0.2) is 6.20 Å². The first-order valence-corrected chi connectivity index (χ1v) is 7.31. The first kappa shape index (κ1) is 13.2. The van der Waals surface area contributed by atoms with Crippen LogP contribution in [0.3, 0.4) is 0 Å². The number of imidazole rings is 1. The van der Waals surface area contributed by atoms with Crippen LogP contribution in [-0.4, -0.2) is 27.9 Å². The van der Waals surface area contributed by atoms with Crippen molar-refractivity contribution in [3.8, 4) is 0 Å². The molecule has 0 spiro atoms. The number of aryl methyl sites for hydroxylation is 1. The van der Waals surface area contributed by atoms with Crippen LogP contribution in [-0.2, 0) is 22.3 Å². The molecule has 3 rings (SSSR count). The molecule has 0 amide bonds. The fourth-order valence-electron chi connectivity index (χ4n) is 2.77. The Morgan fingerprint density at radius 2 is 1.79 bits per heavy atom. The summed E-state index contributed by atoms with van der Waals surface area (Å²) in [7, 11) is -0.288. The van der Waals surface area contributed by atoms with Crippen molar-refractivity contribution >= 4 is 12.7 Å². The van der Waals surface area contributed by atoms with Crippen LogP contribution in [0, 0.1) is 0 Å². The maximum Gasteiger partial charge on any atom is 0.514 e. The lowest BCUT2D eigenvalue weighted by molar-refractivity contribution is 0.00578. The molecule has 0 aromatic carbocycles. The molecular formula is C14H23BN2O2. The molecule has 1 fully saturated rings. The zero-order valence-electron chi connectivity index (χ0n) is 12.4. The molecule has 0 saturated carbocycles. The SMILES string of the molecule is CC1(C)OB(c2cnc3n2CCCCC3)OC1(C)C. The van der Waals surface area contributed by atoms with E-state index in [2.05, 4.69) is 37.2 Å². The first-order chi connectivity index (χ1) is 8.91. The number of nitrogens with zero attached hydrogens (tertiary/aromatic N) is 2. The van der Waals surface area contributed by atoms with Crippen LogP contribution in [0.25, 0.3) is 0 Å². The van der Waals surface area contributed by atoms with Gasteiger partial charge in [0.25, 0.3) is 0 Å². The third-order valence-corrected chi connectivity index (χ3v) is 4.75. The summed E-state index contributed by atoms with van der Waals surface area (Å²) in [5, 5.41) is 0. The molecule has 0 bridgehead atoms. The van der Waals surface area contributed by atoms with Gasteiger partial charge in [0.15, 0.2) is 0 Å². The van der Waals surface area contributed by atoms with Crippen LogP contribution in [0.4, 0.5) is 0 Å². The average Bonchev–Trinajstić information content (AvgIpc) is 2.68. The summed E-state index contributed by atoms with van der Waals surface area (Å²) in [4.78, 5) is 4.56. The molecule has 0 radical (unpaired) electrons. The van der Waals surface area contributed by atoms with Gasteiger partial charge in [-0.3, -0.25) is 0 Å². The zero-order chi connectivity index (χ0) is 13.7. The van der Waals surface area contributed by atoms with Gasteiger partial charge in [0.2, 0.25) is 0 Å². The lowest BCUT2D eigenvalue weighted by atomic mass is 9.85. The third-order valence-electron chi connectivity index (χ3n) is 4.75. The normalized spacial score (nSPS) is 25.2. The predicted octanol–water partition coefficient (Wildman–Crippen LogP) is 1.91. The quantitative estimate of drug-likeness (QED) is 0.725. The fourth-order valence-corrected chi connectivity index (χ4v) is 2.77. The van der Waals surface area contributed by atoms with E-state index in [4.69, 9.17) is 9.31 Å². The second-order valence-electron chi connectivity index (χ2n) is 6.65. The maximum atomic E-state index is 6.13. The van der Waals surface area contributed by atoms with Crippen molar-refractivity contribution in [1.29, 1.82) is 0 Å². The Bertz CT molecular complexity index is 466. The van der Waals surface area contributed by atoms with Crippen LogP contribution in [0.5, 0.6) is 0 Å². The van der Waals surface area contributed by atoms with Crippen LogP contribution in [0.1, 0.15) is 52.8 Å². The molecule has 104 valence electrons. The van der Waals surface area contributed by atoms with Gasteiger partial charge in [-0.05, 0) is 40.5 Å². The summed E-state index contributed by atoms with van der Waals surface area (Å²) in [6, 6.07) is 0. The molecule has 3 heterocycles. The third kappa shape index (κ3) is 2.13. The molecule has 1 saturated heterocycles. The topological polar surface area (TPSA) is 36.3 Å². The minimum absolute atomic E-state index is 0.285. The van der Waals surface area contributed by atoms with Crippen molar-refractivity contribution in [2.75, 3.05) is 0 Å². The Hall–Kier alpha value is -0.805. The Balaban J connectivity index is 1.90. The standard InChI is InChI=1S/C14H23BN2O2/c1-13(2)14(3,4)19-15(18-13)11-10-16-12-8-6-5-7-9-17(11)12/h10H,5-9H2,1-4H3. The highest BCUT2D eigenvalue weighted by Crippen LogP contribution is 2.36. The van der Waals surface area contributed by atoms with E-state index in [0.717, 1.165) is 18.6 Å². The average molecular weight is 262 g/mol. The van der Waals surface area contributed by atoms with Gasteiger partial charge in [0.1, 0.15) is 5.82 Å². The van der Waals surface area contributed by atoms with Crippen molar-refractivity contribution in [3.63, 3.8) is 0 Å². The van der Waals surface area contributed by atoms with Crippen molar-refractivity contribution in [3.05, 3.63) is 12.0 Å². The highest BCUT2D eigenvalue weighted by atomic mass is 16.7. The maximum absolute atomic E-state index is 6.13. The molecule has 0 unspecified atom stereocenters. The van der Waals surface area contributed by atoms with E-state index in [-0.39, 0.29) is 18.3 Å². The van der Waals surface area contributed by atoms with E-state index in [1.165, 1.54) is 25.1 Å². The van der Waals surface area contributed by atoms with Crippen LogP contribution in [0.2, 0.25) is 0 Å². The van der Waals surface area contributed by atoms with Gasteiger partial charge in [0.05, 0.1) is 16.8 Å². The molecule has 4 nitrogen and oxygen atoms in total. The molecule has 0 aliphatic carbocycles. The van der Waals surface area contributed by atoms with E-state index in [9.17, 15) is 0 Å². The monoisotopic (exact) mass is 262 g/mol. The van der Waals surface area contributed by atoms with Gasteiger partial charge in [-0.2, -0.15) is 0 Å². The molecule has 2 aliphatic rings. The van der Waals surface area contributed by atoms with Crippen molar-refractivity contribution in [2.24, 2.45) is 0 Å².